The lowest BCUT2D eigenvalue weighted by atomic mass is 10.3. The molecular weight excluding hydrogens is 284 g/mol. The number of carbonyl (C=O) groups excluding carboxylic acids is 1. The average Bonchev–Trinajstić information content (AvgIpc) is 2.43. The van der Waals surface area contributed by atoms with E-state index >= 15 is 0 Å². The van der Waals surface area contributed by atoms with Crippen LogP contribution in [0.3, 0.4) is 0 Å². The van der Waals surface area contributed by atoms with E-state index in [0.29, 0.717) is 11.5 Å². The van der Waals surface area contributed by atoms with Crippen molar-refractivity contribution in [2.75, 3.05) is 34.9 Å². The maximum Gasteiger partial charge on any atom is 0.241 e. The number of rotatable bonds is 6. The van der Waals surface area contributed by atoms with Crippen LogP contribution in [0.15, 0.2) is 23.1 Å². The molecule has 8 heteroatoms. The molecule has 1 rings (SSSR count). The van der Waals surface area contributed by atoms with Gasteiger partial charge in [0.15, 0.2) is 11.5 Å². The third-order valence-corrected chi connectivity index (χ3v) is 3.98. The van der Waals surface area contributed by atoms with E-state index in [4.69, 9.17) is 9.47 Å². The molecule has 0 spiro atoms. The predicted molar refractivity (Wildman–Crippen MR) is 73.4 cm³/mol. The molecule has 0 bridgehead atoms. The minimum Gasteiger partial charge on any atom is -0.493 e. The third-order valence-electron chi connectivity index (χ3n) is 2.58. The van der Waals surface area contributed by atoms with Crippen LogP contribution in [0.25, 0.3) is 0 Å². The molecule has 1 amide bonds. The van der Waals surface area contributed by atoms with E-state index in [1.807, 2.05) is 0 Å². The van der Waals surface area contributed by atoms with E-state index < -0.39 is 10.0 Å². The summed E-state index contributed by atoms with van der Waals surface area (Å²) < 4.78 is 36.4. The molecule has 0 aliphatic carbocycles. The van der Waals surface area contributed by atoms with Crippen LogP contribution >= 0.6 is 0 Å². The van der Waals surface area contributed by atoms with Crippen molar-refractivity contribution in [1.29, 1.82) is 0 Å². The molecule has 112 valence electrons. The van der Waals surface area contributed by atoms with Crippen molar-refractivity contribution in [2.24, 2.45) is 0 Å². The normalized spacial score (nSPS) is 11.0. The highest BCUT2D eigenvalue weighted by atomic mass is 32.2. The number of likely N-dealkylation sites (N-methyl/N-ethyl adjacent to an activating group) is 1. The summed E-state index contributed by atoms with van der Waals surface area (Å²) in [5.74, 6) is 0.388. The van der Waals surface area contributed by atoms with Gasteiger partial charge in [-0.3, -0.25) is 4.79 Å². The smallest absolute Gasteiger partial charge is 0.241 e. The van der Waals surface area contributed by atoms with Crippen molar-refractivity contribution in [3.8, 4) is 11.5 Å². The molecule has 1 N–H and O–H groups in total. The number of ether oxygens (including phenoxy) is 2. The summed E-state index contributed by atoms with van der Waals surface area (Å²) in [6.45, 7) is -0.302. The second-order valence-corrected chi connectivity index (χ2v) is 5.90. The predicted octanol–water partition coefficient (Wildman–Crippen LogP) is 0.0703. The van der Waals surface area contributed by atoms with Crippen LogP contribution in [0.2, 0.25) is 0 Å². The lowest BCUT2D eigenvalue weighted by Gasteiger charge is -2.13. The number of nitrogens with zero attached hydrogens (tertiary/aromatic N) is 1. The summed E-state index contributed by atoms with van der Waals surface area (Å²) in [5, 5.41) is 0. The zero-order valence-corrected chi connectivity index (χ0v) is 12.7. The Balaban J connectivity index is 2.95. The van der Waals surface area contributed by atoms with E-state index in [1.165, 1.54) is 37.3 Å². The van der Waals surface area contributed by atoms with Crippen LogP contribution in [0, 0.1) is 0 Å². The standard InChI is InChI=1S/C12H18N2O5S/c1-14(2)12(15)8-13-20(16,17)9-5-6-10(18-3)11(7-9)19-4/h5-7,13H,8H2,1-4H3. The van der Waals surface area contributed by atoms with Gasteiger partial charge in [-0.25, -0.2) is 13.1 Å². The first-order chi connectivity index (χ1) is 9.31. The summed E-state index contributed by atoms with van der Waals surface area (Å²) in [6, 6.07) is 4.20. The summed E-state index contributed by atoms with van der Waals surface area (Å²) in [5.41, 5.74) is 0. The summed E-state index contributed by atoms with van der Waals surface area (Å²) >= 11 is 0. The number of sulfonamides is 1. The van der Waals surface area contributed by atoms with E-state index in [-0.39, 0.29) is 17.3 Å². The third kappa shape index (κ3) is 3.84. The number of carbonyl (C=O) groups is 1. The van der Waals surface area contributed by atoms with Gasteiger partial charge in [0.05, 0.1) is 25.7 Å². The van der Waals surface area contributed by atoms with Crippen LogP contribution in [0.5, 0.6) is 11.5 Å². The van der Waals surface area contributed by atoms with Gasteiger partial charge < -0.3 is 14.4 Å². The van der Waals surface area contributed by atoms with E-state index in [2.05, 4.69) is 4.72 Å². The fraction of sp³-hybridized carbons (Fsp3) is 0.417. The molecule has 0 atom stereocenters. The molecule has 7 nitrogen and oxygen atoms in total. The van der Waals surface area contributed by atoms with Crippen molar-refractivity contribution >= 4 is 15.9 Å². The minimum atomic E-state index is -3.78. The van der Waals surface area contributed by atoms with Crippen molar-refractivity contribution in [3.05, 3.63) is 18.2 Å². The van der Waals surface area contributed by atoms with Gasteiger partial charge in [-0.1, -0.05) is 0 Å². The maximum absolute atomic E-state index is 12.0. The molecule has 0 saturated heterocycles. The molecule has 1 aromatic rings. The summed E-state index contributed by atoms with van der Waals surface area (Å²) in [6.07, 6.45) is 0. The highest BCUT2D eigenvalue weighted by Gasteiger charge is 2.18. The lowest BCUT2D eigenvalue weighted by molar-refractivity contribution is -0.127. The summed E-state index contributed by atoms with van der Waals surface area (Å²) in [7, 11) is 2.19. The van der Waals surface area contributed by atoms with Crippen LogP contribution in [0.4, 0.5) is 0 Å². The lowest BCUT2D eigenvalue weighted by Crippen LogP contribution is -2.36. The Labute approximate surface area is 118 Å². The van der Waals surface area contributed by atoms with Crippen LogP contribution in [-0.2, 0) is 14.8 Å². The maximum atomic E-state index is 12.0. The number of hydrogen-bond donors (Lipinski definition) is 1. The molecule has 0 saturated carbocycles. The van der Waals surface area contributed by atoms with Gasteiger partial charge in [0, 0.05) is 20.2 Å². The van der Waals surface area contributed by atoms with Crippen LogP contribution in [-0.4, -0.2) is 54.1 Å². The number of amides is 1. The SMILES string of the molecule is COc1ccc(S(=O)(=O)NCC(=O)N(C)C)cc1OC. The van der Waals surface area contributed by atoms with Crippen LogP contribution in [0.1, 0.15) is 0 Å². The molecular formula is C12H18N2O5S. The van der Waals surface area contributed by atoms with Gasteiger partial charge in [0.2, 0.25) is 15.9 Å². The van der Waals surface area contributed by atoms with E-state index in [9.17, 15) is 13.2 Å². The number of hydrogen-bond acceptors (Lipinski definition) is 5. The molecule has 0 aromatic heterocycles. The molecule has 0 unspecified atom stereocenters. The molecule has 0 fully saturated rings. The van der Waals surface area contributed by atoms with Gasteiger partial charge in [-0.05, 0) is 12.1 Å². The molecule has 0 heterocycles. The summed E-state index contributed by atoms with van der Waals surface area (Å²) in [4.78, 5) is 12.7. The zero-order valence-electron chi connectivity index (χ0n) is 11.8. The molecule has 20 heavy (non-hydrogen) atoms. The number of benzene rings is 1. The largest absolute Gasteiger partial charge is 0.493 e. The Kier molecular flexibility index (Phi) is 5.34. The fourth-order valence-corrected chi connectivity index (χ4v) is 2.37. The topological polar surface area (TPSA) is 84.9 Å². The monoisotopic (exact) mass is 302 g/mol. The Hall–Kier alpha value is -1.80. The highest BCUT2D eigenvalue weighted by Crippen LogP contribution is 2.29. The van der Waals surface area contributed by atoms with Crippen molar-refractivity contribution in [3.63, 3.8) is 0 Å². The van der Waals surface area contributed by atoms with Crippen molar-refractivity contribution in [1.82, 2.24) is 9.62 Å². The molecule has 0 aliphatic heterocycles. The number of nitrogens with one attached hydrogen (secondary N) is 1. The van der Waals surface area contributed by atoms with E-state index in [1.54, 1.807) is 14.1 Å². The first kappa shape index (κ1) is 16.3. The first-order valence-electron chi connectivity index (χ1n) is 5.73. The van der Waals surface area contributed by atoms with Crippen molar-refractivity contribution in [2.45, 2.75) is 4.90 Å². The van der Waals surface area contributed by atoms with Gasteiger partial charge in [0.1, 0.15) is 0 Å². The van der Waals surface area contributed by atoms with Gasteiger partial charge in [-0.15, -0.1) is 0 Å². The van der Waals surface area contributed by atoms with Crippen molar-refractivity contribution < 1.29 is 22.7 Å². The zero-order chi connectivity index (χ0) is 15.3. The first-order valence-corrected chi connectivity index (χ1v) is 7.22. The quantitative estimate of drug-likeness (QED) is 0.804. The fourth-order valence-electron chi connectivity index (χ4n) is 1.38. The Morgan fingerprint density at radius 1 is 1.20 bits per heavy atom. The average molecular weight is 302 g/mol. The number of methoxy groups -OCH3 is 2. The Bertz CT molecular complexity index is 584. The molecule has 0 radical (unpaired) electrons. The van der Waals surface area contributed by atoms with Gasteiger partial charge in [-0.2, -0.15) is 0 Å². The second kappa shape index (κ2) is 6.58. The molecule has 0 aliphatic rings. The Morgan fingerprint density at radius 2 is 1.80 bits per heavy atom. The van der Waals surface area contributed by atoms with Gasteiger partial charge in [0.25, 0.3) is 0 Å². The molecule has 1 aromatic carbocycles. The van der Waals surface area contributed by atoms with E-state index in [0.717, 1.165) is 0 Å². The van der Waals surface area contributed by atoms with Gasteiger partial charge >= 0.3 is 0 Å². The van der Waals surface area contributed by atoms with Crippen LogP contribution < -0.4 is 14.2 Å². The Morgan fingerprint density at radius 3 is 2.30 bits per heavy atom. The highest BCUT2D eigenvalue weighted by molar-refractivity contribution is 7.89. The second-order valence-electron chi connectivity index (χ2n) is 4.13. The minimum absolute atomic E-state index is 0.00158.